The number of aliphatic hydroxyl groups is 3. The lowest BCUT2D eigenvalue weighted by Crippen LogP contribution is -2.62. The highest BCUT2D eigenvalue weighted by atomic mass is 19.1. The van der Waals surface area contributed by atoms with E-state index in [1.54, 1.807) is 26.0 Å². The summed E-state index contributed by atoms with van der Waals surface area (Å²) in [5.41, 5.74) is -1.12. The molecule has 0 aliphatic carbocycles. The molecular weight excluding hydrogens is 679 g/mol. The predicted molar refractivity (Wildman–Crippen MR) is 187 cm³/mol. The zero-order valence-electron chi connectivity index (χ0n) is 31.3. The van der Waals surface area contributed by atoms with Gasteiger partial charge in [-0.3, -0.25) is 9.59 Å². The monoisotopic (exact) mass is 740 g/mol. The zero-order valence-corrected chi connectivity index (χ0v) is 31.3. The minimum Gasteiger partial charge on any atom is -0.466 e. The van der Waals surface area contributed by atoms with Gasteiger partial charge in [-0.05, 0) is 44.1 Å². The van der Waals surface area contributed by atoms with E-state index in [0.717, 1.165) is 51.0 Å². The Morgan fingerprint density at radius 2 is 1.71 bits per heavy atom. The molecule has 0 spiro atoms. The molecule has 4 rings (SSSR count). The number of hydrogen-bond acceptors (Lipinski definition) is 12. The second-order valence-corrected chi connectivity index (χ2v) is 15.5. The van der Waals surface area contributed by atoms with Gasteiger partial charge in [0.25, 0.3) is 0 Å². The van der Waals surface area contributed by atoms with Gasteiger partial charge in [-0.2, -0.15) is 0 Å². The van der Waals surface area contributed by atoms with Crippen molar-refractivity contribution in [2.75, 3.05) is 13.7 Å². The molecule has 296 valence electrons. The minimum atomic E-state index is -2.29. The predicted octanol–water partition coefficient (Wildman–Crippen LogP) is 5.08. The van der Waals surface area contributed by atoms with Crippen molar-refractivity contribution in [2.45, 2.75) is 184 Å². The van der Waals surface area contributed by atoms with Gasteiger partial charge in [0, 0.05) is 43.6 Å². The SMILES string of the molecule is CCCCCCCC(=O)O[C@H]1/C(=C/C(=O)OC)C[C@H]2C[C@H](CO)OC(=O)C[C@H](O)C[C@@H]3CCC[C@H](C[C@@H]4C[C@H](F)C[C@H](/C=C/C(C)(C)[C@]1(O)O2)O4)O3. The molecule has 4 heterocycles. The molecule has 13 heteroatoms. The molecule has 12 nitrogen and oxygen atoms in total. The quantitative estimate of drug-likeness (QED) is 0.0945. The first-order valence-corrected chi connectivity index (χ1v) is 19.3. The van der Waals surface area contributed by atoms with Gasteiger partial charge in [-0.25, -0.2) is 9.18 Å². The average Bonchev–Trinajstić information content (AvgIpc) is 3.07. The van der Waals surface area contributed by atoms with Crippen molar-refractivity contribution in [1.82, 2.24) is 0 Å². The summed E-state index contributed by atoms with van der Waals surface area (Å²) in [5.74, 6) is -4.34. The summed E-state index contributed by atoms with van der Waals surface area (Å²) in [6.07, 6.45) is 4.83. The van der Waals surface area contributed by atoms with E-state index in [0.29, 0.717) is 12.8 Å². The van der Waals surface area contributed by atoms with Crippen LogP contribution in [0.3, 0.4) is 0 Å². The standard InChI is InChI=1S/C39H61FO12/c1-5-6-7-8-9-13-34(43)51-37-25(17-35(44)47-4)16-32-23-33(24-41)50-36(45)21-27(42)20-28-11-10-12-29(48-28)22-31-19-26(40)18-30(49-31)14-15-38(2,3)39(37,46)52-32/h14-15,17,26-33,37,41-42,46H,5-13,16,18-24H2,1-4H3/b15-14+,25-17+/t26-,27-,28+,29-,30+,31+,32+,33-,37+,39-/m1/s1. The number of rotatable bonds is 9. The fourth-order valence-electron chi connectivity index (χ4n) is 7.79. The van der Waals surface area contributed by atoms with Crippen molar-refractivity contribution < 1.29 is 62.5 Å². The molecule has 0 radical (unpaired) electrons. The Kier molecular flexibility index (Phi) is 16.1. The van der Waals surface area contributed by atoms with Crippen LogP contribution in [0, 0.1) is 5.41 Å². The molecule has 3 N–H and O–H groups in total. The van der Waals surface area contributed by atoms with E-state index < -0.39 is 78.5 Å². The number of carbonyl (C=O) groups is 3. The molecule has 10 atom stereocenters. The molecule has 0 saturated carbocycles. The summed E-state index contributed by atoms with van der Waals surface area (Å²) in [4.78, 5) is 38.9. The third-order valence-corrected chi connectivity index (χ3v) is 10.7. The Balaban J connectivity index is 1.70. The molecule has 0 amide bonds. The largest absolute Gasteiger partial charge is 0.466 e. The first kappa shape index (κ1) is 42.3. The summed E-state index contributed by atoms with van der Waals surface area (Å²) >= 11 is 0. The molecule has 0 aromatic carbocycles. The molecule has 0 aromatic rings. The van der Waals surface area contributed by atoms with E-state index >= 15 is 4.39 Å². The van der Waals surface area contributed by atoms with Crippen LogP contribution in [-0.2, 0) is 42.8 Å². The van der Waals surface area contributed by atoms with Gasteiger partial charge in [0.1, 0.15) is 12.3 Å². The number of cyclic esters (lactones) is 1. The highest BCUT2D eigenvalue weighted by Gasteiger charge is 2.57. The fraction of sp³-hybridized carbons (Fsp3) is 0.821. The number of unbranched alkanes of at least 4 members (excludes halogenated alkanes) is 4. The summed E-state index contributed by atoms with van der Waals surface area (Å²) in [7, 11) is 1.20. The van der Waals surface area contributed by atoms with Crippen molar-refractivity contribution >= 4 is 17.9 Å². The third kappa shape index (κ3) is 12.0. The number of hydrogen-bond donors (Lipinski definition) is 3. The molecule has 4 aliphatic heterocycles. The first-order valence-electron chi connectivity index (χ1n) is 19.3. The number of halogens is 1. The van der Waals surface area contributed by atoms with E-state index in [-0.39, 0.29) is 62.7 Å². The average molecular weight is 741 g/mol. The summed E-state index contributed by atoms with van der Waals surface area (Å²) < 4.78 is 50.7. The molecule has 52 heavy (non-hydrogen) atoms. The molecule has 6 bridgehead atoms. The maximum Gasteiger partial charge on any atom is 0.330 e. The number of ether oxygens (including phenoxy) is 6. The van der Waals surface area contributed by atoms with E-state index in [2.05, 4.69) is 6.92 Å². The first-order chi connectivity index (χ1) is 24.7. The smallest absolute Gasteiger partial charge is 0.330 e. The number of fused-ring (bicyclic) bond motifs is 6. The van der Waals surface area contributed by atoms with Crippen molar-refractivity contribution in [2.24, 2.45) is 5.41 Å². The van der Waals surface area contributed by atoms with Gasteiger partial charge in [-0.1, -0.05) is 58.6 Å². The van der Waals surface area contributed by atoms with Crippen molar-refractivity contribution in [3.05, 3.63) is 23.8 Å². The molecule has 0 unspecified atom stereocenters. The molecular formula is C39H61FO12. The number of carbonyl (C=O) groups excluding carboxylic acids is 3. The van der Waals surface area contributed by atoms with Gasteiger partial charge >= 0.3 is 17.9 Å². The van der Waals surface area contributed by atoms with Crippen molar-refractivity contribution in [1.29, 1.82) is 0 Å². The molecule has 0 aromatic heterocycles. The van der Waals surface area contributed by atoms with Crippen LogP contribution in [0.25, 0.3) is 0 Å². The Morgan fingerprint density at radius 3 is 2.42 bits per heavy atom. The third-order valence-electron chi connectivity index (χ3n) is 10.7. The summed E-state index contributed by atoms with van der Waals surface area (Å²) in [5, 5.41) is 33.7. The summed E-state index contributed by atoms with van der Waals surface area (Å²) in [6, 6.07) is 0. The molecule has 3 saturated heterocycles. The van der Waals surface area contributed by atoms with Crippen LogP contribution in [-0.4, -0.2) is 108 Å². The Labute approximate surface area is 307 Å². The second kappa shape index (κ2) is 19.8. The van der Waals surface area contributed by atoms with Gasteiger partial charge in [0.15, 0.2) is 6.10 Å². The number of methoxy groups -OCH3 is 1. The van der Waals surface area contributed by atoms with Crippen LogP contribution in [0.1, 0.15) is 124 Å². The number of aliphatic hydroxyl groups excluding tert-OH is 2. The van der Waals surface area contributed by atoms with E-state index in [4.69, 9.17) is 28.4 Å². The highest BCUT2D eigenvalue weighted by molar-refractivity contribution is 5.83. The lowest BCUT2D eigenvalue weighted by molar-refractivity contribution is -0.327. The van der Waals surface area contributed by atoms with E-state index in [9.17, 15) is 29.7 Å². The maximum atomic E-state index is 15.2. The Bertz CT molecular complexity index is 1240. The van der Waals surface area contributed by atoms with Crippen molar-refractivity contribution in [3.8, 4) is 0 Å². The topological polar surface area (TPSA) is 167 Å². The second-order valence-electron chi connectivity index (χ2n) is 15.5. The van der Waals surface area contributed by atoms with Gasteiger partial charge in [-0.15, -0.1) is 0 Å². The number of alkyl halides is 1. The van der Waals surface area contributed by atoms with Crippen molar-refractivity contribution in [3.63, 3.8) is 0 Å². The lowest BCUT2D eigenvalue weighted by Gasteiger charge is -2.51. The fourth-order valence-corrected chi connectivity index (χ4v) is 7.79. The Hall–Kier alpha value is -2.42. The maximum absolute atomic E-state index is 15.2. The van der Waals surface area contributed by atoms with Gasteiger partial charge < -0.3 is 43.7 Å². The van der Waals surface area contributed by atoms with Crippen LogP contribution in [0.2, 0.25) is 0 Å². The lowest BCUT2D eigenvalue weighted by atomic mass is 9.74. The van der Waals surface area contributed by atoms with Crippen LogP contribution in [0.4, 0.5) is 4.39 Å². The van der Waals surface area contributed by atoms with Gasteiger partial charge in [0.05, 0.1) is 56.8 Å². The molecule has 3 fully saturated rings. The molecule has 4 aliphatic rings. The van der Waals surface area contributed by atoms with E-state index in [1.807, 2.05) is 0 Å². The summed E-state index contributed by atoms with van der Waals surface area (Å²) in [6.45, 7) is 4.87. The van der Waals surface area contributed by atoms with Crippen LogP contribution in [0.5, 0.6) is 0 Å². The van der Waals surface area contributed by atoms with Crippen LogP contribution >= 0.6 is 0 Å². The number of esters is 3. The van der Waals surface area contributed by atoms with E-state index in [1.165, 1.54) is 7.11 Å². The minimum absolute atomic E-state index is 0.0283. The van der Waals surface area contributed by atoms with Crippen LogP contribution < -0.4 is 0 Å². The highest BCUT2D eigenvalue weighted by Crippen LogP contribution is 2.47. The zero-order chi connectivity index (χ0) is 37.9. The normalized spacial score (nSPS) is 37.3. The Morgan fingerprint density at radius 1 is 0.981 bits per heavy atom. The van der Waals surface area contributed by atoms with Crippen LogP contribution in [0.15, 0.2) is 23.8 Å². The van der Waals surface area contributed by atoms with Gasteiger partial charge in [0.2, 0.25) is 5.79 Å².